The number of fused-ring (bicyclic) bond motifs is 2. The summed E-state index contributed by atoms with van der Waals surface area (Å²) in [4.78, 5) is 18.1. The summed E-state index contributed by atoms with van der Waals surface area (Å²) in [6, 6.07) is 7.88. The molecule has 1 atom stereocenters. The number of benzene rings is 1. The van der Waals surface area contributed by atoms with Gasteiger partial charge < -0.3 is 10.6 Å². The fourth-order valence-corrected chi connectivity index (χ4v) is 3.95. The molecule has 1 aliphatic heterocycles. The van der Waals surface area contributed by atoms with Gasteiger partial charge in [0.05, 0.1) is 5.69 Å². The SMILES string of the molecule is O=C(Nc1nc2c(s1)CCC2)[C@@H]1Cc2ccccc2N1. The predicted molar refractivity (Wildman–Crippen MR) is 80.3 cm³/mol. The fourth-order valence-electron chi connectivity index (χ4n) is 2.89. The summed E-state index contributed by atoms with van der Waals surface area (Å²) in [5.74, 6) is 0.00798. The Morgan fingerprint density at radius 2 is 2.25 bits per heavy atom. The van der Waals surface area contributed by atoms with Gasteiger partial charge in [0.2, 0.25) is 5.91 Å². The molecular weight excluding hydrogens is 270 g/mol. The molecule has 1 aromatic carbocycles. The Kier molecular flexibility index (Phi) is 2.73. The third-order valence-corrected chi connectivity index (χ3v) is 4.99. The number of aryl methyl sites for hydroxylation is 2. The molecule has 2 N–H and O–H groups in total. The van der Waals surface area contributed by atoms with Crippen molar-refractivity contribution in [1.29, 1.82) is 0 Å². The smallest absolute Gasteiger partial charge is 0.248 e. The van der Waals surface area contributed by atoms with Gasteiger partial charge in [0.25, 0.3) is 0 Å². The second-order valence-corrected chi connectivity index (χ2v) is 6.37. The topological polar surface area (TPSA) is 54.0 Å². The van der Waals surface area contributed by atoms with Gasteiger partial charge >= 0.3 is 0 Å². The molecule has 0 bridgehead atoms. The third kappa shape index (κ3) is 1.98. The van der Waals surface area contributed by atoms with Gasteiger partial charge in [-0.3, -0.25) is 4.79 Å². The van der Waals surface area contributed by atoms with E-state index in [2.05, 4.69) is 21.7 Å². The Morgan fingerprint density at radius 1 is 1.35 bits per heavy atom. The van der Waals surface area contributed by atoms with Crippen LogP contribution in [0.2, 0.25) is 0 Å². The number of carbonyl (C=O) groups excluding carboxylic acids is 1. The van der Waals surface area contributed by atoms with Crippen LogP contribution in [0.1, 0.15) is 22.6 Å². The maximum absolute atomic E-state index is 12.3. The number of hydrogen-bond donors (Lipinski definition) is 2. The van der Waals surface area contributed by atoms with E-state index in [4.69, 9.17) is 0 Å². The van der Waals surface area contributed by atoms with Gasteiger partial charge in [0.15, 0.2) is 5.13 Å². The van der Waals surface area contributed by atoms with Gasteiger partial charge in [-0.25, -0.2) is 4.98 Å². The molecule has 4 nitrogen and oxygen atoms in total. The van der Waals surface area contributed by atoms with Gasteiger partial charge in [0, 0.05) is 17.0 Å². The molecular formula is C15H15N3OS. The summed E-state index contributed by atoms with van der Waals surface area (Å²) in [6.45, 7) is 0. The van der Waals surface area contributed by atoms with Gasteiger partial charge in [-0.1, -0.05) is 18.2 Å². The molecule has 20 heavy (non-hydrogen) atoms. The van der Waals surface area contributed by atoms with Crippen LogP contribution in [0.4, 0.5) is 10.8 Å². The maximum Gasteiger partial charge on any atom is 0.248 e. The summed E-state index contributed by atoms with van der Waals surface area (Å²) < 4.78 is 0. The van der Waals surface area contributed by atoms with E-state index in [0.717, 1.165) is 30.1 Å². The summed E-state index contributed by atoms with van der Waals surface area (Å²) in [6.07, 6.45) is 4.10. The molecule has 4 rings (SSSR count). The molecule has 2 aromatic rings. The average Bonchev–Trinajstić information content (AvgIpc) is 3.10. The van der Waals surface area contributed by atoms with Crippen LogP contribution in [-0.4, -0.2) is 16.9 Å². The second kappa shape index (κ2) is 4.59. The van der Waals surface area contributed by atoms with Crippen molar-refractivity contribution in [3.63, 3.8) is 0 Å². The molecule has 0 unspecified atom stereocenters. The summed E-state index contributed by atoms with van der Waals surface area (Å²) in [5, 5.41) is 6.97. The van der Waals surface area contributed by atoms with Gasteiger partial charge in [-0.2, -0.15) is 0 Å². The molecule has 1 aliphatic carbocycles. The standard InChI is InChI=1S/C15H15N3OS/c19-14(12-8-9-4-1-2-5-10(9)16-12)18-15-17-11-6-3-7-13(11)20-15/h1-2,4-5,12,16H,3,6-8H2,(H,17,18,19)/t12-/m0/s1. The number of aromatic nitrogens is 1. The minimum atomic E-state index is -0.189. The first-order chi connectivity index (χ1) is 9.79. The normalized spacial score (nSPS) is 19.3. The Bertz CT molecular complexity index is 633. The summed E-state index contributed by atoms with van der Waals surface area (Å²) in [7, 11) is 0. The third-order valence-electron chi connectivity index (χ3n) is 3.91. The first kappa shape index (κ1) is 11.9. The van der Waals surface area contributed by atoms with Crippen molar-refractivity contribution >= 4 is 28.1 Å². The first-order valence-corrected chi connectivity index (χ1v) is 7.75. The number of nitrogens with zero attached hydrogens (tertiary/aromatic N) is 1. The van der Waals surface area contributed by atoms with Crippen LogP contribution >= 0.6 is 11.3 Å². The lowest BCUT2D eigenvalue weighted by atomic mass is 10.1. The Labute approximate surface area is 121 Å². The van der Waals surface area contributed by atoms with Crippen LogP contribution in [0.15, 0.2) is 24.3 Å². The Hall–Kier alpha value is -1.88. The van der Waals surface area contributed by atoms with Crippen molar-refractivity contribution in [3.8, 4) is 0 Å². The largest absolute Gasteiger partial charge is 0.373 e. The van der Waals surface area contributed by atoms with E-state index in [-0.39, 0.29) is 11.9 Å². The quantitative estimate of drug-likeness (QED) is 0.892. The molecule has 0 radical (unpaired) electrons. The van der Waals surface area contributed by atoms with Crippen LogP contribution in [0.25, 0.3) is 0 Å². The highest BCUT2D eigenvalue weighted by Gasteiger charge is 2.27. The van der Waals surface area contributed by atoms with E-state index in [0.29, 0.717) is 0 Å². The minimum Gasteiger partial charge on any atom is -0.373 e. The zero-order valence-corrected chi connectivity index (χ0v) is 11.8. The van der Waals surface area contributed by atoms with Crippen molar-refractivity contribution in [2.45, 2.75) is 31.7 Å². The number of thiazole rings is 1. The van der Waals surface area contributed by atoms with Crippen LogP contribution < -0.4 is 10.6 Å². The number of rotatable bonds is 2. The van der Waals surface area contributed by atoms with Gasteiger partial charge in [-0.05, 0) is 30.9 Å². The lowest BCUT2D eigenvalue weighted by molar-refractivity contribution is -0.116. The highest BCUT2D eigenvalue weighted by atomic mass is 32.1. The van der Waals surface area contributed by atoms with Crippen LogP contribution in [0.5, 0.6) is 0 Å². The fraction of sp³-hybridized carbons (Fsp3) is 0.333. The van der Waals surface area contributed by atoms with Crippen molar-refractivity contribution in [2.75, 3.05) is 10.6 Å². The number of nitrogens with one attached hydrogen (secondary N) is 2. The molecule has 0 saturated carbocycles. The highest BCUT2D eigenvalue weighted by Crippen LogP contribution is 2.31. The number of anilines is 2. The van der Waals surface area contributed by atoms with Gasteiger partial charge in [-0.15, -0.1) is 11.3 Å². The number of amides is 1. The van der Waals surface area contributed by atoms with E-state index in [1.165, 1.54) is 22.6 Å². The van der Waals surface area contributed by atoms with Gasteiger partial charge in [0.1, 0.15) is 6.04 Å². The monoisotopic (exact) mass is 285 g/mol. The van der Waals surface area contributed by atoms with E-state index < -0.39 is 0 Å². The van der Waals surface area contributed by atoms with Crippen molar-refractivity contribution in [2.24, 2.45) is 0 Å². The zero-order chi connectivity index (χ0) is 13.5. The lowest BCUT2D eigenvalue weighted by Gasteiger charge is -2.10. The first-order valence-electron chi connectivity index (χ1n) is 6.93. The molecule has 0 spiro atoms. The molecule has 1 amide bonds. The number of carbonyl (C=O) groups is 1. The molecule has 102 valence electrons. The molecule has 5 heteroatoms. The number of hydrogen-bond acceptors (Lipinski definition) is 4. The van der Waals surface area contributed by atoms with E-state index in [9.17, 15) is 4.79 Å². The number of para-hydroxylation sites is 1. The van der Waals surface area contributed by atoms with Crippen LogP contribution in [-0.2, 0) is 24.1 Å². The zero-order valence-electron chi connectivity index (χ0n) is 11.0. The molecule has 1 aromatic heterocycles. The Balaban J connectivity index is 1.46. The molecule has 2 aliphatic rings. The molecule has 2 heterocycles. The van der Waals surface area contributed by atoms with Crippen LogP contribution in [0, 0.1) is 0 Å². The summed E-state index contributed by atoms with van der Waals surface area (Å²) >= 11 is 1.62. The average molecular weight is 285 g/mol. The van der Waals surface area contributed by atoms with E-state index in [1.54, 1.807) is 11.3 Å². The maximum atomic E-state index is 12.3. The highest BCUT2D eigenvalue weighted by molar-refractivity contribution is 7.15. The van der Waals surface area contributed by atoms with E-state index in [1.807, 2.05) is 18.2 Å². The molecule has 0 fully saturated rings. The lowest BCUT2D eigenvalue weighted by Crippen LogP contribution is -2.32. The van der Waals surface area contributed by atoms with Crippen molar-refractivity contribution in [3.05, 3.63) is 40.4 Å². The van der Waals surface area contributed by atoms with E-state index >= 15 is 0 Å². The molecule has 0 saturated heterocycles. The van der Waals surface area contributed by atoms with Crippen molar-refractivity contribution < 1.29 is 4.79 Å². The second-order valence-electron chi connectivity index (χ2n) is 5.29. The minimum absolute atomic E-state index is 0.00798. The van der Waals surface area contributed by atoms with Crippen LogP contribution in [0.3, 0.4) is 0 Å². The predicted octanol–water partition coefficient (Wildman–Crippen LogP) is 2.61. The summed E-state index contributed by atoms with van der Waals surface area (Å²) in [5.41, 5.74) is 3.44. The van der Waals surface area contributed by atoms with Crippen molar-refractivity contribution in [1.82, 2.24) is 4.98 Å². The Morgan fingerprint density at radius 3 is 3.10 bits per heavy atom.